The number of methoxy groups -OCH3 is 1. The van der Waals surface area contributed by atoms with Crippen LogP contribution in [0.2, 0.25) is 0 Å². The van der Waals surface area contributed by atoms with Gasteiger partial charge in [0.2, 0.25) is 0 Å². The maximum absolute atomic E-state index is 13.1. The Morgan fingerprint density at radius 3 is 2.44 bits per heavy atom. The van der Waals surface area contributed by atoms with Crippen molar-refractivity contribution in [3.8, 4) is 5.75 Å². The molecular weight excluding hydrogens is 536 g/mol. The highest BCUT2D eigenvalue weighted by Crippen LogP contribution is 2.29. The lowest BCUT2D eigenvalue weighted by Crippen LogP contribution is -2.23. The molecule has 0 unspecified atom stereocenters. The Bertz CT molecular complexity index is 1620. The fraction of sp³-hybridized carbons (Fsp3) is 0.257. The molecule has 5 N–H and O–H groups in total. The standard InChI is InChI=1S/C29H30N6O2.C6H10/c1-37-23-15-14-19-6-2-5-9-22(19)24(23)29(36)32-16-18-10-12-20(13-11-18)26(30)25-27(31)33-17-34-28(25)35-21-7-3-4-8-21;1-4-5-6(2)3/h2,5-6,9-15,17,21,30H,3-4,7-8,16H2,1H3,(H,32,36)(H3,31,33,34,35);4-5H,2H2,1,3H3/b;5-4-. The number of carbonyl (C=O) groups excluding carboxylic acids is 1. The summed E-state index contributed by atoms with van der Waals surface area (Å²) in [7, 11) is 1.56. The van der Waals surface area contributed by atoms with E-state index in [0.717, 1.165) is 34.8 Å². The van der Waals surface area contributed by atoms with Gasteiger partial charge in [-0.25, -0.2) is 9.97 Å². The monoisotopic (exact) mass is 576 g/mol. The zero-order valence-corrected chi connectivity index (χ0v) is 25.1. The van der Waals surface area contributed by atoms with E-state index >= 15 is 0 Å². The largest absolute Gasteiger partial charge is 0.496 e. The van der Waals surface area contributed by atoms with Crippen molar-refractivity contribution in [3.05, 3.63) is 114 Å². The topological polar surface area (TPSA) is 126 Å². The number of benzene rings is 3. The molecule has 0 atom stereocenters. The number of carbonyl (C=O) groups is 1. The second kappa shape index (κ2) is 14.8. The van der Waals surface area contributed by atoms with Crippen molar-refractivity contribution in [3.63, 3.8) is 0 Å². The summed E-state index contributed by atoms with van der Waals surface area (Å²) in [5, 5.41) is 17.1. The molecule has 0 spiro atoms. The molecule has 5 rings (SSSR count). The van der Waals surface area contributed by atoms with Crippen LogP contribution in [0.1, 0.15) is 66.6 Å². The molecule has 1 fully saturated rings. The lowest BCUT2D eigenvalue weighted by molar-refractivity contribution is 0.0949. The molecule has 4 aromatic rings. The number of rotatable bonds is 9. The lowest BCUT2D eigenvalue weighted by atomic mass is 10.0. The molecule has 222 valence electrons. The highest BCUT2D eigenvalue weighted by atomic mass is 16.5. The lowest BCUT2D eigenvalue weighted by Gasteiger charge is -2.17. The van der Waals surface area contributed by atoms with Gasteiger partial charge in [-0.15, -0.1) is 0 Å². The average molecular weight is 577 g/mol. The summed E-state index contributed by atoms with van der Waals surface area (Å²) < 4.78 is 5.46. The van der Waals surface area contributed by atoms with Crippen LogP contribution in [-0.2, 0) is 6.54 Å². The highest BCUT2D eigenvalue weighted by Gasteiger charge is 2.21. The van der Waals surface area contributed by atoms with Gasteiger partial charge in [0.25, 0.3) is 5.91 Å². The minimum Gasteiger partial charge on any atom is -0.496 e. The van der Waals surface area contributed by atoms with Crippen LogP contribution in [0, 0.1) is 5.41 Å². The van der Waals surface area contributed by atoms with Crippen LogP contribution in [0.15, 0.2) is 91.3 Å². The zero-order chi connectivity index (χ0) is 30.8. The SMILES string of the molecule is C=C(C)/C=C\C.COc1ccc2ccccc2c1C(=O)NCc1ccc(C(=N)c2c(N)ncnc2NC2CCCC2)cc1. The Morgan fingerprint density at radius 1 is 1.07 bits per heavy atom. The van der Waals surface area contributed by atoms with Gasteiger partial charge in [0.15, 0.2) is 0 Å². The molecule has 8 nitrogen and oxygen atoms in total. The van der Waals surface area contributed by atoms with Crippen LogP contribution in [0.25, 0.3) is 10.8 Å². The van der Waals surface area contributed by atoms with Gasteiger partial charge in [0.1, 0.15) is 23.7 Å². The Hall–Kier alpha value is -4.98. The first kappa shape index (κ1) is 31.0. The molecule has 0 saturated heterocycles. The summed E-state index contributed by atoms with van der Waals surface area (Å²) >= 11 is 0. The highest BCUT2D eigenvalue weighted by molar-refractivity contribution is 6.16. The summed E-state index contributed by atoms with van der Waals surface area (Å²) in [6, 6.07) is 19.3. The van der Waals surface area contributed by atoms with Crippen LogP contribution in [0.4, 0.5) is 11.6 Å². The normalized spacial score (nSPS) is 12.9. The zero-order valence-electron chi connectivity index (χ0n) is 25.1. The van der Waals surface area contributed by atoms with Crippen LogP contribution in [0.5, 0.6) is 5.75 Å². The Balaban J connectivity index is 0.000000641. The third-order valence-corrected chi connectivity index (χ3v) is 7.31. The van der Waals surface area contributed by atoms with Gasteiger partial charge in [-0.2, -0.15) is 0 Å². The number of anilines is 2. The van der Waals surface area contributed by atoms with Gasteiger partial charge in [0.05, 0.1) is 23.9 Å². The van der Waals surface area contributed by atoms with E-state index in [4.69, 9.17) is 15.9 Å². The molecule has 1 aliphatic rings. The fourth-order valence-electron chi connectivity index (χ4n) is 5.16. The molecule has 43 heavy (non-hydrogen) atoms. The number of aromatic nitrogens is 2. The molecule has 8 heteroatoms. The maximum Gasteiger partial charge on any atom is 0.255 e. The van der Waals surface area contributed by atoms with Gasteiger partial charge in [-0.3, -0.25) is 10.2 Å². The molecular formula is C35H40N6O2. The Kier molecular flexibility index (Phi) is 10.6. The van der Waals surface area contributed by atoms with E-state index in [1.165, 1.54) is 19.2 Å². The summed E-state index contributed by atoms with van der Waals surface area (Å²) in [5.41, 5.74) is 10.2. The van der Waals surface area contributed by atoms with E-state index in [9.17, 15) is 4.79 Å². The van der Waals surface area contributed by atoms with Crippen molar-refractivity contribution in [1.82, 2.24) is 15.3 Å². The van der Waals surface area contributed by atoms with Crippen molar-refractivity contribution in [2.45, 2.75) is 52.1 Å². The van der Waals surface area contributed by atoms with Gasteiger partial charge in [-0.1, -0.05) is 91.7 Å². The number of hydrogen-bond acceptors (Lipinski definition) is 7. The third-order valence-electron chi connectivity index (χ3n) is 7.31. The predicted octanol–water partition coefficient (Wildman–Crippen LogP) is 7.06. The van der Waals surface area contributed by atoms with E-state index in [0.29, 0.717) is 40.8 Å². The first-order valence-electron chi connectivity index (χ1n) is 14.5. The summed E-state index contributed by atoms with van der Waals surface area (Å²) in [5.74, 6) is 1.21. The van der Waals surface area contributed by atoms with Crippen molar-refractivity contribution in [1.29, 1.82) is 5.41 Å². The van der Waals surface area contributed by atoms with Gasteiger partial charge in [0, 0.05) is 18.2 Å². The minimum absolute atomic E-state index is 0.206. The molecule has 0 radical (unpaired) electrons. The fourth-order valence-corrected chi connectivity index (χ4v) is 5.16. The van der Waals surface area contributed by atoms with E-state index in [-0.39, 0.29) is 17.4 Å². The number of allylic oxidation sites excluding steroid dienone is 3. The molecule has 0 aliphatic heterocycles. The molecule has 1 heterocycles. The molecule has 1 aliphatic carbocycles. The van der Waals surface area contributed by atoms with Crippen molar-refractivity contribution < 1.29 is 9.53 Å². The number of nitrogen functional groups attached to an aromatic ring is 1. The quantitative estimate of drug-likeness (QED) is 0.125. The summed E-state index contributed by atoms with van der Waals surface area (Å²) in [4.78, 5) is 21.6. The number of hydrogen-bond donors (Lipinski definition) is 4. The molecule has 1 aromatic heterocycles. The van der Waals surface area contributed by atoms with Crippen LogP contribution >= 0.6 is 0 Å². The van der Waals surface area contributed by atoms with Crippen molar-refractivity contribution >= 4 is 34.0 Å². The van der Waals surface area contributed by atoms with Gasteiger partial charge < -0.3 is 21.1 Å². The van der Waals surface area contributed by atoms with Crippen LogP contribution in [0.3, 0.4) is 0 Å². The summed E-state index contributed by atoms with van der Waals surface area (Å²) in [6.07, 6.45) is 9.93. The number of fused-ring (bicyclic) bond motifs is 1. The second-order valence-electron chi connectivity index (χ2n) is 10.6. The molecule has 0 bridgehead atoms. The number of nitrogens with one attached hydrogen (secondary N) is 3. The molecule has 1 saturated carbocycles. The molecule has 3 aromatic carbocycles. The van der Waals surface area contributed by atoms with Crippen molar-refractivity contribution in [2.24, 2.45) is 0 Å². The Labute approximate surface area is 253 Å². The van der Waals surface area contributed by atoms with E-state index in [2.05, 4.69) is 27.2 Å². The second-order valence-corrected chi connectivity index (χ2v) is 10.6. The summed E-state index contributed by atoms with van der Waals surface area (Å²) in [6.45, 7) is 7.95. The molecule has 1 amide bonds. The van der Waals surface area contributed by atoms with Gasteiger partial charge >= 0.3 is 0 Å². The first-order chi connectivity index (χ1) is 20.8. The maximum atomic E-state index is 13.1. The number of ether oxygens (including phenoxy) is 1. The number of amides is 1. The minimum atomic E-state index is -0.206. The first-order valence-corrected chi connectivity index (χ1v) is 14.5. The van der Waals surface area contributed by atoms with E-state index in [1.54, 1.807) is 7.11 Å². The van der Waals surface area contributed by atoms with Crippen molar-refractivity contribution in [2.75, 3.05) is 18.2 Å². The smallest absolute Gasteiger partial charge is 0.255 e. The van der Waals surface area contributed by atoms with E-state index < -0.39 is 0 Å². The average Bonchev–Trinajstić information content (AvgIpc) is 3.53. The Morgan fingerprint density at radius 2 is 1.79 bits per heavy atom. The predicted molar refractivity (Wildman–Crippen MR) is 176 cm³/mol. The van der Waals surface area contributed by atoms with E-state index in [1.807, 2.05) is 86.7 Å². The van der Waals surface area contributed by atoms with Crippen LogP contribution in [-0.4, -0.2) is 34.7 Å². The van der Waals surface area contributed by atoms with Gasteiger partial charge in [-0.05, 0) is 49.1 Å². The van der Waals surface area contributed by atoms with Crippen LogP contribution < -0.4 is 21.1 Å². The number of nitrogens with two attached hydrogens (primary N) is 1. The third kappa shape index (κ3) is 7.86. The number of nitrogens with zero attached hydrogens (tertiary/aromatic N) is 2.